The number of aldehydes is 2. The second-order valence-corrected chi connectivity index (χ2v) is 7.95. The molecule has 0 aliphatic heterocycles. The van der Waals surface area contributed by atoms with Crippen LogP contribution in [0.15, 0.2) is 48.6 Å². The van der Waals surface area contributed by atoms with Gasteiger partial charge in [-0.1, -0.05) is 48.6 Å². The lowest BCUT2D eigenvalue weighted by Gasteiger charge is -2.23. The van der Waals surface area contributed by atoms with Gasteiger partial charge in [0.1, 0.15) is 12.6 Å². The van der Waals surface area contributed by atoms with Crippen LogP contribution in [0.4, 0.5) is 0 Å². The van der Waals surface area contributed by atoms with Crippen molar-refractivity contribution >= 4 is 24.4 Å². The van der Waals surface area contributed by atoms with E-state index in [0.717, 1.165) is 23.7 Å². The van der Waals surface area contributed by atoms with Crippen molar-refractivity contribution < 1.29 is 19.2 Å². The zero-order chi connectivity index (χ0) is 21.3. The minimum atomic E-state index is -0.315. The Morgan fingerprint density at radius 2 is 1.20 bits per heavy atom. The van der Waals surface area contributed by atoms with Crippen molar-refractivity contribution in [3.8, 4) is 0 Å². The molecule has 30 heavy (non-hydrogen) atoms. The van der Waals surface area contributed by atoms with E-state index in [2.05, 4.69) is 10.6 Å². The third-order valence-electron chi connectivity index (χ3n) is 5.91. The van der Waals surface area contributed by atoms with Crippen LogP contribution < -0.4 is 10.6 Å². The molecule has 0 fully saturated rings. The molecule has 0 radical (unpaired) electrons. The largest absolute Gasteiger partial charge is 0.352 e. The van der Waals surface area contributed by atoms with Gasteiger partial charge in [0.05, 0.1) is 11.8 Å². The monoisotopic (exact) mass is 408 g/mol. The maximum atomic E-state index is 12.5. The number of nitrogens with one attached hydrogen (secondary N) is 2. The minimum absolute atomic E-state index is 0.111. The van der Waals surface area contributed by atoms with E-state index in [1.54, 1.807) is 0 Å². The maximum Gasteiger partial charge on any atom is 0.224 e. The normalized spacial score (nSPS) is 25.3. The Morgan fingerprint density at radius 1 is 0.767 bits per heavy atom. The zero-order valence-corrected chi connectivity index (χ0v) is 17.0. The van der Waals surface area contributed by atoms with Crippen molar-refractivity contribution in [3.05, 3.63) is 59.7 Å². The molecule has 1 aromatic rings. The van der Waals surface area contributed by atoms with Crippen molar-refractivity contribution in [1.82, 2.24) is 10.6 Å². The Morgan fingerprint density at radius 3 is 1.63 bits per heavy atom. The van der Waals surface area contributed by atoms with E-state index < -0.39 is 0 Å². The maximum absolute atomic E-state index is 12.5. The number of hydrogen-bond donors (Lipinski definition) is 2. The summed E-state index contributed by atoms with van der Waals surface area (Å²) in [5, 5.41) is 5.85. The molecule has 2 aliphatic carbocycles. The summed E-state index contributed by atoms with van der Waals surface area (Å²) in [6.45, 7) is 0.736. The van der Waals surface area contributed by atoms with Crippen LogP contribution in [0.25, 0.3) is 0 Å². The number of hydrogen-bond acceptors (Lipinski definition) is 4. The number of amides is 2. The van der Waals surface area contributed by atoms with Gasteiger partial charge >= 0.3 is 0 Å². The Hall–Kier alpha value is -3.02. The van der Waals surface area contributed by atoms with E-state index in [1.807, 2.05) is 48.6 Å². The smallest absolute Gasteiger partial charge is 0.224 e. The molecular formula is C24H28N2O4. The van der Waals surface area contributed by atoms with Crippen LogP contribution in [0.1, 0.15) is 36.8 Å². The lowest BCUT2D eigenvalue weighted by molar-refractivity contribution is -0.130. The molecule has 0 saturated heterocycles. The predicted octanol–water partition coefficient (Wildman–Crippen LogP) is 2.48. The van der Waals surface area contributed by atoms with Crippen molar-refractivity contribution in [3.63, 3.8) is 0 Å². The molecule has 2 N–H and O–H groups in total. The SMILES string of the molecule is O=CC1CC=CCC1C(=O)NCc1cccc(CNC(=O)C2CC=CCC2C=O)c1. The molecule has 0 aromatic heterocycles. The standard InChI is InChI=1S/C24H28N2O4/c27-15-19-8-1-3-10-21(19)23(29)25-13-17-6-5-7-18(12-17)14-26-24(30)22-11-4-2-9-20(22)16-28/h1-7,12,15-16,19-22H,8-11,13-14H2,(H,25,29)(H,26,30). The molecule has 2 aliphatic rings. The van der Waals surface area contributed by atoms with Gasteiger partial charge in [0.25, 0.3) is 0 Å². The van der Waals surface area contributed by atoms with Crippen LogP contribution in [-0.2, 0) is 32.3 Å². The first-order valence-electron chi connectivity index (χ1n) is 10.5. The Bertz CT molecular complexity index is 780. The number of benzene rings is 1. The number of allylic oxidation sites excluding steroid dienone is 4. The van der Waals surface area contributed by atoms with Gasteiger partial charge in [-0.3, -0.25) is 9.59 Å². The van der Waals surface area contributed by atoms with E-state index in [9.17, 15) is 19.2 Å². The molecule has 0 spiro atoms. The molecule has 0 saturated carbocycles. The first-order chi connectivity index (χ1) is 14.6. The molecule has 1 aromatic carbocycles. The first kappa shape index (κ1) is 21.7. The predicted molar refractivity (Wildman–Crippen MR) is 113 cm³/mol. The van der Waals surface area contributed by atoms with Crippen molar-refractivity contribution in [1.29, 1.82) is 0 Å². The number of carbonyl (C=O) groups excluding carboxylic acids is 4. The average Bonchev–Trinajstić information content (AvgIpc) is 2.81. The summed E-state index contributed by atoms with van der Waals surface area (Å²) in [5.74, 6) is -1.38. The van der Waals surface area contributed by atoms with Gasteiger partial charge in [0.15, 0.2) is 0 Å². The van der Waals surface area contributed by atoms with Crippen molar-refractivity contribution in [2.75, 3.05) is 0 Å². The number of rotatable bonds is 8. The van der Waals surface area contributed by atoms with Gasteiger partial charge in [-0.05, 0) is 36.8 Å². The van der Waals surface area contributed by atoms with Crippen LogP contribution in [0, 0.1) is 23.7 Å². The lowest BCUT2D eigenvalue weighted by atomic mass is 9.83. The molecule has 6 heteroatoms. The van der Waals surface area contributed by atoms with E-state index in [-0.39, 0.29) is 35.5 Å². The molecule has 4 atom stereocenters. The average molecular weight is 408 g/mol. The van der Waals surface area contributed by atoms with Gasteiger partial charge < -0.3 is 20.2 Å². The van der Waals surface area contributed by atoms with Gasteiger partial charge in [-0.2, -0.15) is 0 Å². The van der Waals surface area contributed by atoms with E-state index in [4.69, 9.17) is 0 Å². The summed E-state index contributed by atoms with van der Waals surface area (Å²) in [6.07, 6.45) is 11.9. The van der Waals surface area contributed by atoms with E-state index in [1.165, 1.54) is 0 Å². The highest BCUT2D eigenvalue weighted by Crippen LogP contribution is 2.25. The van der Waals surface area contributed by atoms with Crippen LogP contribution in [0.5, 0.6) is 0 Å². The third kappa shape index (κ3) is 5.53. The highest BCUT2D eigenvalue weighted by molar-refractivity contribution is 5.83. The highest BCUT2D eigenvalue weighted by Gasteiger charge is 2.29. The summed E-state index contributed by atoms with van der Waals surface area (Å²) in [4.78, 5) is 47.4. The van der Waals surface area contributed by atoms with Gasteiger partial charge in [-0.15, -0.1) is 0 Å². The van der Waals surface area contributed by atoms with Gasteiger partial charge in [-0.25, -0.2) is 0 Å². The third-order valence-corrected chi connectivity index (χ3v) is 5.91. The highest BCUT2D eigenvalue weighted by atomic mass is 16.2. The van der Waals surface area contributed by atoms with Gasteiger partial charge in [0, 0.05) is 24.9 Å². The molecule has 0 bridgehead atoms. The summed E-state index contributed by atoms with van der Waals surface area (Å²) >= 11 is 0. The van der Waals surface area contributed by atoms with Crippen LogP contribution in [0.3, 0.4) is 0 Å². The Balaban J connectivity index is 1.52. The minimum Gasteiger partial charge on any atom is -0.352 e. The van der Waals surface area contributed by atoms with Crippen LogP contribution in [-0.4, -0.2) is 24.4 Å². The summed E-state index contributed by atoms with van der Waals surface area (Å²) in [5.41, 5.74) is 1.85. The summed E-state index contributed by atoms with van der Waals surface area (Å²) < 4.78 is 0. The number of carbonyl (C=O) groups is 4. The second-order valence-electron chi connectivity index (χ2n) is 7.95. The summed E-state index contributed by atoms with van der Waals surface area (Å²) in [6, 6.07) is 7.66. The molecule has 158 valence electrons. The molecule has 4 unspecified atom stereocenters. The van der Waals surface area contributed by atoms with Crippen LogP contribution >= 0.6 is 0 Å². The van der Waals surface area contributed by atoms with E-state index >= 15 is 0 Å². The quantitative estimate of drug-likeness (QED) is 0.511. The second kappa shape index (κ2) is 10.7. The fourth-order valence-corrected chi connectivity index (χ4v) is 4.06. The van der Waals surface area contributed by atoms with Crippen molar-refractivity contribution in [2.45, 2.75) is 38.8 Å². The molecular weight excluding hydrogens is 380 g/mol. The Kier molecular flexibility index (Phi) is 7.71. The zero-order valence-electron chi connectivity index (χ0n) is 17.0. The van der Waals surface area contributed by atoms with Crippen molar-refractivity contribution in [2.24, 2.45) is 23.7 Å². The molecule has 2 amide bonds. The Labute approximate surface area is 176 Å². The van der Waals surface area contributed by atoms with E-state index in [0.29, 0.717) is 38.8 Å². The first-order valence-corrected chi connectivity index (χ1v) is 10.5. The van der Waals surface area contributed by atoms with Gasteiger partial charge in [0.2, 0.25) is 11.8 Å². The molecule has 6 nitrogen and oxygen atoms in total. The fourth-order valence-electron chi connectivity index (χ4n) is 4.06. The fraction of sp³-hybridized carbons (Fsp3) is 0.417. The lowest BCUT2D eigenvalue weighted by Crippen LogP contribution is -2.36. The topological polar surface area (TPSA) is 92.3 Å². The summed E-state index contributed by atoms with van der Waals surface area (Å²) in [7, 11) is 0. The van der Waals surface area contributed by atoms with Crippen LogP contribution in [0.2, 0.25) is 0 Å². The molecule has 0 heterocycles. The molecule has 3 rings (SSSR count).